The summed E-state index contributed by atoms with van der Waals surface area (Å²) in [5.41, 5.74) is 1.78. The number of hydrogen-bond acceptors (Lipinski definition) is 4. The van der Waals surface area contributed by atoms with Crippen molar-refractivity contribution in [3.63, 3.8) is 0 Å². The molecular formula is C16H13BrN4O. The van der Waals surface area contributed by atoms with Crippen molar-refractivity contribution >= 4 is 33.6 Å². The highest BCUT2D eigenvalue weighted by molar-refractivity contribution is 9.10. The second-order valence-corrected chi connectivity index (χ2v) is 6.14. The van der Waals surface area contributed by atoms with Gasteiger partial charge in [-0.1, -0.05) is 28.1 Å². The fraction of sp³-hybridized carbons (Fsp3) is 0.188. The summed E-state index contributed by atoms with van der Waals surface area (Å²) in [6.45, 7) is 1.92. The molecule has 1 amide bonds. The molecule has 2 aliphatic rings. The number of carbonyl (C=O) groups excluding carboxylic acids is 1. The van der Waals surface area contributed by atoms with Crippen LogP contribution in [-0.4, -0.2) is 34.8 Å². The van der Waals surface area contributed by atoms with E-state index >= 15 is 0 Å². The highest BCUT2D eigenvalue weighted by atomic mass is 79.9. The van der Waals surface area contributed by atoms with Gasteiger partial charge in [0.05, 0.1) is 18.7 Å². The van der Waals surface area contributed by atoms with E-state index in [4.69, 9.17) is 0 Å². The number of amides is 1. The number of nitrogens with zero attached hydrogens (tertiary/aromatic N) is 4. The molecule has 0 aliphatic carbocycles. The number of aromatic nitrogens is 1. The summed E-state index contributed by atoms with van der Waals surface area (Å²) in [7, 11) is 0. The molecule has 0 saturated carbocycles. The van der Waals surface area contributed by atoms with Crippen molar-refractivity contribution in [2.75, 3.05) is 18.0 Å². The summed E-state index contributed by atoms with van der Waals surface area (Å²) >= 11 is 3.45. The lowest BCUT2D eigenvalue weighted by atomic mass is 10.1. The highest BCUT2D eigenvalue weighted by Crippen LogP contribution is 2.29. The van der Waals surface area contributed by atoms with E-state index in [9.17, 15) is 4.79 Å². The zero-order chi connectivity index (χ0) is 15.1. The average molecular weight is 357 g/mol. The quantitative estimate of drug-likeness (QED) is 0.830. The van der Waals surface area contributed by atoms with Gasteiger partial charge in [-0.05, 0) is 29.8 Å². The maximum absolute atomic E-state index is 12.5. The van der Waals surface area contributed by atoms with Gasteiger partial charge >= 0.3 is 0 Å². The molecule has 1 aromatic carbocycles. The molecule has 0 unspecified atom stereocenters. The van der Waals surface area contributed by atoms with Crippen LogP contribution in [0.4, 0.5) is 5.82 Å². The average Bonchev–Trinajstić information content (AvgIpc) is 3.03. The summed E-state index contributed by atoms with van der Waals surface area (Å²) < 4.78 is 1.04. The maximum atomic E-state index is 12.5. The van der Waals surface area contributed by atoms with Crippen LogP contribution in [0.25, 0.3) is 0 Å². The predicted molar refractivity (Wildman–Crippen MR) is 87.9 cm³/mol. The Morgan fingerprint density at radius 2 is 2.00 bits per heavy atom. The molecule has 2 aromatic rings. The van der Waals surface area contributed by atoms with E-state index < -0.39 is 0 Å². The fourth-order valence-electron chi connectivity index (χ4n) is 2.80. The number of anilines is 1. The van der Waals surface area contributed by atoms with Crippen LogP contribution in [0, 0.1) is 0 Å². The molecule has 0 bridgehead atoms. The molecule has 0 saturated heterocycles. The highest BCUT2D eigenvalue weighted by Gasteiger charge is 2.37. The number of rotatable bonds is 2. The normalized spacial score (nSPS) is 16.4. The minimum Gasteiger partial charge on any atom is -0.291 e. The smallest absolute Gasteiger partial charge is 0.264 e. The van der Waals surface area contributed by atoms with E-state index in [-0.39, 0.29) is 5.91 Å². The Balaban J connectivity index is 1.77. The number of hydrogen-bond donors (Lipinski definition) is 0. The minimum absolute atomic E-state index is 0.00796. The van der Waals surface area contributed by atoms with Crippen molar-refractivity contribution < 1.29 is 4.79 Å². The van der Waals surface area contributed by atoms with Crippen LogP contribution in [0.1, 0.15) is 15.9 Å². The van der Waals surface area contributed by atoms with Crippen molar-refractivity contribution in [3.8, 4) is 0 Å². The predicted octanol–water partition coefficient (Wildman–Crippen LogP) is 2.68. The minimum atomic E-state index is -0.00796. The Morgan fingerprint density at radius 3 is 2.82 bits per heavy atom. The lowest BCUT2D eigenvalue weighted by molar-refractivity contribution is 0.0851. The van der Waals surface area contributed by atoms with Crippen LogP contribution in [0.3, 0.4) is 0 Å². The molecular weight excluding hydrogens is 344 g/mol. The lowest BCUT2D eigenvalue weighted by Crippen LogP contribution is -2.50. The summed E-state index contributed by atoms with van der Waals surface area (Å²) in [4.78, 5) is 25.2. The van der Waals surface area contributed by atoms with Gasteiger partial charge in [-0.25, -0.2) is 4.98 Å². The van der Waals surface area contributed by atoms with Crippen LogP contribution >= 0.6 is 15.9 Å². The summed E-state index contributed by atoms with van der Waals surface area (Å²) in [6, 6.07) is 11.8. The standard InChI is InChI=1S/C16H13BrN4O/c17-12-5-3-11(4-6-12)10-21-14-13(2-1-7-18-14)15(22)20-9-8-19-16(20)21/h1-7H,8-10H2. The molecule has 110 valence electrons. The lowest BCUT2D eigenvalue weighted by Gasteiger charge is -2.34. The number of aliphatic imine (C=N–C) groups is 1. The van der Waals surface area contributed by atoms with Gasteiger partial charge in [-0.3, -0.25) is 19.6 Å². The van der Waals surface area contributed by atoms with Gasteiger partial charge in [-0.15, -0.1) is 0 Å². The molecule has 0 radical (unpaired) electrons. The fourth-order valence-corrected chi connectivity index (χ4v) is 3.06. The molecule has 0 spiro atoms. The van der Waals surface area contributed by atoms with Crippen molar-refractivity contribution in [1.82, 2.24) is 9.88 Å². The van der Waals surface area contributed by atoms with Crippen molar-refractivity contribution in [2.45, 2.75) is 6.54 Å². The number of fused-ring (bicyclic) bond motifs is 2. The Morgan fingerprint density at radius 1 is 1.18 bits per heavy atom. The number of guanidine groups is 1. The van der Waals surface area contributed by atoms with Gasteiger partial charge < -0.3 is 0 Å². The van der Waals surface area contributed by atoms with Gasteiger partial charge in [0.25, 0.3) is 5.91 Å². The number of carbonyl (C=O) groups is 1. The first-order chi connectivity index (χ1) is 10.7. The van der Waals surface area contributed by atoms with E-state index in [0.29, 0.717) is 37.0 Å². The van der Waals surface area contributed by atoms with Gasteiger partial charge in [0, 0.05) is 17.2 Å². The molecule has 2 aliphatic heterocycles. The number of benzene rings is 1. The van der Waals surface area contributed by atoms with Crippen LogP contribution in [0.5, 0.6) is 0 Å². The largest absolute Gasteiger partial charge is 0.291 e. The Hall–Kier alpha value is -2.21. The Labute approximate surface area is 136 Å². The number of halogens is 1. The van der Waals surface area contributed by atoms with Crippen LogP contribution in [0.15, 0.2) is 52.1 Å². The summed E-state index contributed by atoms with van der Waals surface area (Å²) in [5, 5.41) is 0. The van der Waals surface area contributed by atoms with Gasteiger partial charge in [-0.2, -0.15) is 0 Å². The molecule has 0 fully saturated rings. The molecule has 0 atom stereocenters. The molecule has 1 aromatic heterocycles. The monoisotopic (exact) mass is 356 g/mol. The molecule has 0 N–H and O–H groups in total. The molecule has 4 rings (SSSR count). The zero-order valence-corrected chi connectivity index (χ0v) is 13.3. The summed E-state index contributed by atoms with van der Waals surface area (Å²) in [5.74, 6) is 1.39. The van der Waals surface area contributed by atoms with Gasteiger partial charge in [0.2, 0.25) is 5.96 Å². The van der Waals surface area contributed by atoms with E-state index in [0.717, 1.165) is 10.0 Å². The van der Waals surface area contributed by atoms with Crippen LogP contribution in [-0.2, 0) is 6.54 Å². The van der Waals surface area contributed by atoms with E-state index in [1.165, 1.54) is 0 Å². The molecule has 22 heavy (non-hydrogen) atoms. The Bertz CT molecular complexity index is 772. The van der Waals surface area contributed by atoms with Crippen molar-refractivity contribution in [2.24, 2.45) is 4.99 Å². The first-order valence-corrected chi connectivity index (χ1v) is 7.86. The molecule has 6 heteroatoms. The molecule has 5 nitrogen and oxygen atoms in total. The summed E-state index contributed by atoms with van der Waals surface area (Å²) in [6.07, 6.45) is 1.71. The van der Waals surface area contributed by atoms with Crippen LogP contribution < -0.4 is 4.90 Å². The van der Waals surface area contributed by atoms with Crippen molar-refractivity contribution in [1.29, 1.82) is 0 Å². The topological polar surface area (TPSA) is 48.8 Å². The zero-order valence-electron chi connectivity index (χ0n) is 11.7. The first-order valence-electron chi connectivity index (χ1n) is 7.07. The maximum Gasteiger partial charge on any atom is 0.264 e. The van der Waals surface area contributed by atoms with Crippen molar-refractivity contribution in [3.05, 3.63) is 58.2 Å². The molecule has 3 heterocycles. The number of pyridine rings is 1. The second kappa shape index (κ2) is 5.21. The first kappa shape index (κ1) is 13.5. The second-order valence-electron chi connectivity index (χ2n) is 5.23. The van der Waals surface area contributed by atoms with E-state index in [2.05, 4.69) is 38.0 Å². The van der Waals surface area contributed by atoms with Gasteiger partial charge in [0.15, 0.2) is 0 Å². The Kier molecular flexibility index (Phi) is 3.18. The third-order valence-electron chi connectivity index (χ3n) is 3.83. The third kappa shape index (κ3) is 2.11. The SMILES string of the molecule is O=C1c2cccnc2N(Cc2ccc(Br)cc2)C2=NCCN12. The van der Waals surface area contributed by atoms with E-state index in [1.54, 1.807) is 17.2 Å². The van der Waals surface area contributed by atoms with E-state index in [1.807, 2.05) is 23.1 Å². The third-order valence-corrected chi connectivity index (χ3v) is 4.36. The van der Waals surface area contributed by atoms with Gasteiger partial charge in [0.1, 0.15) is 5.82 Å². The van der Waals surface area contributed by atoms with Crippen LogP contribution in [0.2, 0.25) is 0 Å².